The van der Waals surface area contributed by atoms with Gasteiger partial charge in [0.1, 0.15) is 6.61 Å². The average Bonchev–Trinajstić information content (AvgIpc) is 1.87. The van der Waals surface area contributed by atoms with Crippen LogP contribution in [0, 0.1) is 6.61 Å². The second-order valence-corrected chi connectivity index (χ2v) is 1.74. The number of hydrogen-bond acceptors (Lipinski definition) is 4. The second-order valence-electron chi connectivity index (χ2n) is 1.74. The number of hydrogen-bond donors (Lipinski definition) is 0. The van der Waals surface area contributed by atoms with Crippen molar-refractivity contribution in [3.63, 3.8) is 0 Å². The molecule has 0 aromatic rings. The molecule has 0 rings (SSSR count). The van der Waals surface area contributed by atoms with Crippen molar-refractivity contribution in [1.82, 2.24) is 0 Å². The summed E-state index contributed by atoms with van der Waals surface area (Å²) >= 11 is 0. The molecule has 0 aliphatic carbocycles. The molecule has 0 bridgehead atoms. The maximum absolute atomic E-state index is 10.6. The lowest BCUT2D eigenvalue weighted by atomic mass is 10.7. The molecule has 0 saturated carbocycles. The molecule has 0 spiro atoms. The van der Waals surface area contributed by atoms with Crippen LogP contribution >= 0.6 is 0 Å². The highest BCUT2D eigenvalue weighted by Crippen LogP contribution is 1.96. The molecule has 4 nitrogen and oxygen atoms in total. The van der Waals surface area contributed by atoms with E-state index in [2.05, 4.69) is 9.47 Å². The Kier molecular flexibility index (Phi) is 5.56. The zero-order valence-electron chi connectivity index (χ0n) is 6.99. The van der Waals surface area contributed by atoms with Gasteiger partial charge in [0.2, 0.25) is 6.29 Å². The smallest absolute Gasteiger partial charge is 0.427 e. The molecule has 1 unspecified atom stereocenters. The third-order valence-electron chi connectivity index (χ3n) is 0.878. The van der Waals surface area contributed by atoms with Gasteiger partial charge in [-0.1, -0.05) is 0 Å². The molecule has 0 aliphatic rings. The minimum Gasteiger partial charge on any atom is -0.427 e. The van der Waals surface area contributed by atoms with Gasteiger partial charge in [-0.25, -0.2) is 4.79 Å². The van der Waals surface area contributed by atoms with Crippen molar-refractivity contribution in [3.05, 3.63) is 6.61 Å². The van der Waals surface area contributed by atoms with Gasteiger partial charge in [-0.3, -0.25) is 0 Å². The Labute approximate surface area is 66.4 Å². The molecule has 0 N–H and O–H groups in total. The van der Waals surface area contributed by atoms with Crippen LogP contribution in [-0.4, -0.2) is 19.1 Å². The fraction of sp³-hybridized carbons (Fsp3) is 0.714. The molecular weight excluding hydrogens is 148 g/mol. The lowest BCUT2D eigenvalue weighted by molar-refractivity contribution is -0.103. The molecule has 0 heterocycles. The van der Waals surface area contributed by atoms with E-state index in [4.69, 9.17) is 4.74 Å². The van der Waals surface area contributed by atoms with E-state index in [1.165, 1.54) is 6.61 Å². The molecule has 1 radical (unpaired) electrons. The summed E-state index contributed by atoms with van der Waals surface area (Å²) in [5.74, 6) is 0. The molecule has 1 atom stereocenters. The maximum Gasteiger partial charge on any atom is 0.510 e. The van der Waals surface area contributed by atoms with Crippen molar-refractivity contribution in [2.75, 3.05) is 6.61 Å². The molecular formula is C7H13O4. The Morgan fingerprint density at radius 1 is 1.64 bits per heavy atom. The molecule has 0 aromatic heterocycles. The highest BCUT2D eigenvalue weighted by Gasteiger charge is 2.08. The number of rotatable bonds is 4. The summed E-state index contributed by atoms with van der Waals surface area (Å²) in [6, 6.07) is 0. The standard InChI is InChI=1S/C7H13O4/c1-4-9-6(3)11-7(8)10-5-2/h5-6H,4H2,1-3H3. The summed E-state index contributed by atoms with van der Waals surface area (Å²) in [5, 5.41) is 0. The van der Waals surface area contributed by atoms with E-state index in [0.717, 1.165) is 0 Å². The summed E-state index contributed by atoms with van der Waals surface area (Å²) in [6.45, 7) is 6.79. The Morgan fingerprint density at radius 2 is 2.27 bits per heavy atom. The van der Waals surface area contributed by atoms with Crippen LogP contribution in [0.3, 0.4) is 0 Å². The molecule has 4 heteroatoms. The molecule has 0 amide bonds. The van der Waals surface area contributed by atoms with E-state index >= 15 is 0 Å². The van der Waals surface area contributed by atoms with E-state index in [9.17, 15) is 4.79 Å². The Hall–Kier alpha value is -0.770. The predicted molar refractivity (Wildman–Crippen MR) is 38.6 cm³/mol. The fourth-order valence-corrected chi connectivity index (χ4v) is 0.528. The van der Waals surface area contributed by atoms with Gasteiger partial charge in [0, 0.05) is 6.61 Å². The van der Waals surface area contributed by atoms with Crippen LogP contribution < -0.4 is 0 Å². The van der Waals surface area contributed by atoms with Gasteiger partial charge in [0.15, 0.2) is 0 Å². The zero-order valence-corrected chi connectivity index (χ0v) is 6.99. The monoisotopic (exact) mass is 161 g/mol. The van der Waals surface area contributed by atoms with Crippen LogP contribution in [0.4, 0.5) is 4.79 Å². The molecule has 0 saturated heterocycles. The van der Waals surface area contributed by atoms with Crippen molar-refractivity contribution < 1.29 is 19.0 Å². The molecule has 0 fully saturated rings. The number of carbonyl (C=O) groups excluding carboxylic acids is 1. The molecule has 65 valence electrons. The van der Waals surface area contributed by atoms with Crippen LogP contribution in [0.2, 0.25) is 0 Å². The SMILES string of the molecule is C[CH]OC(=O)OC(C)OCC. The summed E-state index contributed by atoms with van der Waals surface area (Å²) in [7, 11) is 0. The first kappa shape index (κ1) is 10.2. The van der Waals surface area contributed by atoms with E-state index in [1.54, 1.807) is 13.8 Å². The topological polar surface area (TPSA) is 44.8 Å². The molecule has 0 aromatic carbocycles. The van der Waals surface area contributed by atoms with Crippen LogP contribution in [0.15, 0.2) is 0 Å². The first-order valence-electron chi connectivity index (χ1n) is 3.47. The lowest BCUT2D eigenvalue weighted by Crippen LogP contribution is -2.17. The van der Waals surface area contributed by atoms with E-state index in [1.807, 2.05) is 6.92 Å². The summed E-state index contributed by atoms with van der Waals surface area (Å²) in [5.41, 5.74) is 0. The normalized spacial score (nSPS) is 12.3. The molecule has 11 heavy (non-hydrogen) atoms. The van der Waals surface area contributed by atoms with Gasteiger partial charge < -0.3 is 14.2 Å². The maximum atomic E-state index is 10.6. The van der Waals surface area contributed by atoms with Gasteiger partial charge in [-0.15, -0.1) is 0 Å². The number of carbonyl (C=O) groups is 1. The van der Waals surface area contributed by atoms with E-state index in [0.29, 0.717) is 6.61 Å². The van der Waals surface area contributed by atoms with Crippen molar-refractivity contribution in [1.29, 1.82) is 0 Å². The van der Waals surface area contributed by atoms with Crippen LogP contribution in [-0.2, 0) is 14.2 Å². The van der Waals surface area contributed by atoms with Crippen molar-refractivity contribution >= 4 is 6.16 Å². The van der Waals surface area contributed by atoms with Gasteiger partial charge in [0.25, 0.3) is 0 Å². The van der Waals surface area contributed by atoms with Gasteiger partial charge in [-0.05, 0) is 20.8 Å². The minimum absolute atomic E-state index is 0.504. The zero-order chi connectivity index (χ0) is 8.69. The fourth-order valence-electron chi connectivity index (χ4n) is 0.528. The second kappa shape index (κ2) is 5.97. The van der Waals surface area contributed by atoms with Crippen LogP contribution in [0.5, 0.6) is 0 Å². The summed E-state index contributed by atoms with van der Waals surface area (Å²) in [6.07, 6.45) is -1.29. The largest absolute Gasteiger partial charge is 0.510 e. The van der Waals surface area contributed by atoms with Crippen LogP contribution in [0.1, 0.15) is 20.8 Å². The van der Waals surface area contributed by atoms with Crippen molar-refractivity contribution in [3.8, 4) is 0 Å². The van der Waals surface area contributed by atoms with Gasteiger partial charge in [0.05, 0.1) is 0 Å². The Morgan fingerprint density at radius 3 is 2.73 bits per heavy atom. The predicted octanol–water partition coefficient (Wildman–Crippen LogP) is 1.70. The van der Waals surface area contributed by atoms with Gasteiger partial charge >= 0.3 is 6.16 Å². The minimum atomic E-state index is -0.742. The Bertz CT molecular complexity index is 113. The Balaban J connectivity index is 3.40. The third kappa shape index (κ3) is 5.66. The van der Waals surface area contributed by atoms with Crippen molar-refractivity contribution in [2.24, 2.45) is 0 Å². The highest BCUT2D eigenvalue weighted by atomic mass is 16.8. The lowest BCUT2D eigenvalue weighted by Gasteiger charge is -2.11. The van der Waals surface area contributed by atoms with Crippen LogP contribution in [0.25, 0.3) is 0 Å². The van der Waals surface area contributed by atoms with E-state index in [-0.39, 0.29) is 0 Å². The summed E-state index contributed by atoms with van der Waals surface area (Å²) < 4.78 is 13.9. The molecule has 0 aliphatic heterocycles. The number of ether oxygens (including phenoxy) is 3. The van der Waals surface area contributed by atoms with Gasteiger partial charge in [-0.2, -0.15) is 0 Å². The first-order valence-corrected chi connectivity index (χ1v) is 3.47. The highest BCUT2D eigenvalue weighted by molar-refractivity contribution is 5.60. The quantitative estimate of drug-likeness (QED) is 0.465. The third-order valence-corrected chi connectivity index (χ3v) is 0.878. The average molecular weight is 161 g/mol. The first-order chi connectivity index (χ1) is 5.20. The summed E-state index contributed by atoms with van der Waals surface area (Å²) in [4.78, 5) is 10.6. The van der Waals surface area contributed by atoms with E-state index < -0.39 is 12.4 Å². The van der Waals surface area contributed by atoms with Crippen molar-refractivity contribution in [2.45, 2.75) is 27.1 Å².